The molecule has 3 nitrogen and oxygen atoms in total. The molecule has 0 atom stereocenters. The second kappa shape index (κ2) is 6.09. The van der Waals surface area contributed by atoms with Crippen molar-refractivity contribution < 1.29 is 0 Å². The highest BCUT2D eigenvalue weighted by Gasteiger charge is 2.20. The Hall–Kier alpha value is -1.87. The molecule has 0 amide bonds. The van der Waals surface area contributed by atoms with Crippen LogP contribution in [0, 0.1) is 0 Å². The summed E-state index contributed by atoms with van der Waals surface area (Å²) in [7, 11) is 0. The van der Waals surface area contributed by atoms with Gasteiger partial charge in [0.15, 0.2) is 0 Å². The highest BCUT2D eigenvalue weighted by Crippen LogP contribution is 2.24. The summed E-state index contributed by atoms with van der Waals surface area (Å²) in [4.78, 5) is 9.89. The minimum atomic E-state index is 1.03. The van der Waals surface area contributed by atoms with Crippen molar-refractivity contribution in [2.45, 2.75) is 32.4 Å². The third-order valence-corrected chi connectivity index (χ3v) is 4.79. The minimum absolute atomic E-state index is 1.03. The first kappa shape index (κ1) is 13.8. The van der Waals surface area contributed by atoms with Crippen LogP contribution in [0.1, 0.15) is 29.7 Å². The molecule has 0 saturated carbocycles. The molecule has 1 fully saturated rings. The SMILES string of the molecule is c1ccc(CN2CCc3nc(N4CCCC4)ccc3C2)cc1. The van der Waals surface area contributed by atoms with E-state index in [1.54, 1.807) is 0 Å². The number of aromatic nitrogens is 1. The normalized spacial score (nSPS) is 18.5. The highest BCUT2D eigenvalue weighted by molar-refractivity contribution is 5.43. The number of rotatable bonds is 3. The molecule has 4 rings (SSSR count). The van der Waals surface area contributed by atoms with Crippen LogP contribution in [0.5, 0.6) is 0 Å². The van der Waals surface area contributed by atoms with Crippen molar-refractivity contribution in [3.05, 3.63) is 59.3 Å². The molecule has 2 aliphatic heterocycles. The van der Waals surface area contributed by atoms with E-state index in [-0.39, 0.29) is 0 Å². The summed E-state index contributed by atoms with van der Waals surface area (Å²) in [5, 5.41) is 0. The van der Waals surface area contributed by atoms with Gasteiger partial charge in [0, 0.05) is 44.8 Å². The molecule has 0 spiro atoms. The first-order chi connectivity index (χ1) is 10.9. The Morgan fingerprint density at radius 3 is 2.55 bits per heavy atom. The fraction of sp³-hybridized carbons (Fsp3) is 0.421. The van der Waals surface area contributed by atoms with Gasteiger partial charge < -0.3 is 4.90 Å². The van der Waals surface area contributed by atoms with Gasteiger partial charge in [-0.05, 0) is 30.0 Å². The quantitative estimate of drug-likeness (QED) is 0.866. The highest BCUT2D eigenvalue weighted by atomic mass is 15.2. The lowest BCUT2D eigenvalue weighted by atomic mass is 10.0. The largest absolute Gasteiger partial charge is 0.357 e. The number of benzene rings is 1. The Balaban J connectivity index is 1.47. The van der Waals surface area contributed by atoms with E-state index in [1.807, 2.05) is 0 Å². The molecular weight excluding hydrogens is 270 g/mol. The average Bonchev–Trinajstić information content (AvgIpc) is 3.10. The van der Waals surface area contributed by atoms with Crippen LogP contribution in [0.25, 0.3) is 0 Å². The molecule has 2 aromatic rings. The number of pyridine rings is 1. The maximum atomic E-state index is 4.94. The molecule has 0 N–H and O–H groups in total. The van der Waals surface area contributed by atoms with E-state index >= 15 is 0 Å². The van der Waals surface area contributed by atoms with Crippen molar-refractivity contribution in [1.29, 1.82) is 0 Å². The Kier molecular flexibility index (Phi) is 3.81. The van der Waals surface area contributed by atoms with Crippen molar-refractivity contribution in [3.8, 4) is 0 Å². The van der Waals surface area contributed by atoms with E-state index in [0.717, 1.165) is 26.1 Å². The molecule has 1 saturated heterocycles. The lowest BCUT2D eigenvalue weighted by molar-refractivity contribution is 0.243. The molecular formula is C19H23N3. The fourth-order valence-corrected chi connectivity index (χ4v) is 3.56. The van der Waals surface area contributed by atoms with Crippen LogP contribution >= 0.6 is 0 Å². The smallest absolute Gasteiger partial charge is 0.128 e. The van der Waals surface area contributed by atoms with E-state index in [0.29, 0.717) is 0 Å². The number of anilines is 1. The van der Waals surface area contributed by atoms with Crippen molar-refractivity contribution in [1.82, 2.24) is 9.88 Å². The van der Waals surface area contributed by atoms with Gasteiger partial charge >= 0.3 is 0 Å². The molecule has 0 bridgehead atoms. The Labute approximate surface area is 132 Å². The number of nitrogens with zero attached hydrogens (tertiary/aromatic N) is 3. The molecule has 3 heterocycles. The maximum Gasteiger partial charge on any atom is 0.128 e. The van der Waals surface area contributed by atoms with Crippen molar-refractivity contribution in [2.24, 2.45) is 0 Å². The molecule has 2 aliphatic rings. The van der Waals surface area contributed by atoms with E-state index in [4.69, 9.17) is 4.98 Å². The van der Waals surface area contributed by atoms with Crippen LogP contribution in [0.3, 0.4) is 0 Å². The molecule has 22 heavy (non-hydrogen) atoms. The van der Waals surface area contributed by atoms with E-state index < -0.39 is 0 Å². The monoisotopic (exact) mass is 293 g/mol. The lowest BCUT2D eigenvalue weighted by Crippen LogP contribution is -2.31. The first-order valence-electron chi connectivity index (χ1n) is 8.38. The topological polar surface area (TPSA) is 19.4 Å². The molecule has 0 unspecified atom stereocenters. The standard InChI is InChI=1S/C19H23N3/c1-2-6-16(7-3-1)14-21-13-10-18-17(15-21)8-9-19(20-18)22-11-4-5-12-22/h1-3,6-9H,4-5,10-15H2. The maximum absolute atomic E-state index is 4.94. The van der Waals surface area contributed by atoms with Gasteiger partial charge in [0.25, 0.3) is 0 Å². The number of hydrogen-bond donors (Lipinski definition) is 0. The molecule has 0 aliphatic carbocycles. The average molecular weight is 293 g/mol. The Bertz CT molecular complexity index is 632. The zero-order chi connectivity index (χ0) is 14.8. The predicted molar refractivity (Wildman–Crippen MR) is 89.9 cm³/mol. The molecule has 3 heteroatoms. The summed E-state index contributed by atoms with van der Waals surface area (Å²) in [6.07, 6.45) is 3.69. The Morgan fingerprint density at radius 1 is 0.909 bits per heavy atom. The van der Waals surface area contributed by atoms with Gasteiger partial charge in [-0.2, -0.15) is 0 Å². The van der Waals surface area contributed by atoms with Crippen molar-refractivity contribution in [2.75, 3.05) is 24.5 Å². The predicted octanol–water partition coefficient (Wildman–Crippen LogP) is 3.24. The van der Waals surface area contributed by atoms with Crippen molar-refractivity contribution >= 4 is 5.82 Å². The van der Waals surface area contributed by atoms with Crippen LogP contribution < -0.4 is 4.90 Å². The van der Waals surface area contributed by atoms with Gasteiger partial charge in [0.1, 0.15) is 5.82 Å². The Morgan fingerprint density at radius 2 is 1.73 bits per heavy atom. The van der Waals surface area contributed by atoms with Crippen LogP contribution in [-0.4, -0.2) is 29.5 Å². The fourth-order valence-electron chi connectivity index (χ4n) is 3.56. The van der Waals surface area contributed by atoms with Crippen molar-refractivity contribution in [3.63, 3.8) is 0 Å². The summed E-state index contributed by atoms with van der Waals surface area (Å²) in [5.74, 6) is 1.19. The summed E-state index contributed by atoms with van der Waals surface area (Å²) in [5.41, 5.74) is 4.12. The van der Waals surface area contributed by atoms with Crippen LogP contribution in [0.2, 0.25) is 0 Å². The molecule has 114 valence electrons. The van der Waals surface area contributed by atoms with Crippen LogP contribution in [0.4, 0.5) is 5.82 Å². The number of hydrogen-bond acceptors (Lipinski definition) is 3. The van der Waals surface area contributed by atoms with Crippen LogP contribution in [0.15, 0.2) is 42.5 Å². The van der Waals surface area contributed by atoms with Gasteiger partial charge in [-0.3, -0.25) is 4.90 Å². The summed E-state index contributed by atoms with van der Waals surface area (Å²) in [6, 6.07) is 15.3. The van der Waals surface area contributed by atoms with Gasteiger partial charge in [-0.1, -0.05) is 36.4 Å². The minimum Gasteiger partial charge on any atom is -0.357 e. The van der Waals surface area contributed by atoms with Gasteiger partial charge in [-0.25, -0.2) is 4.98 Å². The van der Waals surface area contributed by atoms with E-state index in [2.05, 4.69) is 52.3 Å². The molecule has 0 radical (unpaired) electrons. The van der Waals surface area contributed by atoms with Gasteiger partial charge in [-0.15, -0.1) is 0 Å². The van der Waals surface area contributed by atoms with Crippen LogP contribution in [-0.2, 0) is 19.5 Å². The second-order valence-corrected chi connectivity index (χ2v) is 6.42. The summed E-state index contributed by atoms with van der Waals surface area (Å²) >= 11 is 0. The molecule has 1 aromatic heterocycles. The second-order valence-electron chi connectivity index (χ2n) is 6.42. The summed E-state index contributed by atoms with van der Waals surface area (Å²) < 4.78 is 0. The third-order valence-electron chi connectivity index (χ3n) is 4.79. The van der Waals surface area contributed by atoms with Gasteiger partial charge in [0.2, 0.25) is 0 Å². The number of fused-ring (bicyclic) bond motifs is 1. The summed E-state index contributed by atoms with van der Waals surface area (Å²) in [6.45, 7) is 5.52. The van der Waals surface area contributed by atoms with Gasteiger partial charge in [0.05, 0.1) is 0 Å². The van der Waals surface area contributed by atoms with E-state index in [9.17, 15) is 0 Å². The third kappa shape index (κ3) is 2.86. The lowest BCUT2D eigenvalue weighted by Gasteiger charge is -2.29. The zero-order valence-electron chi connectivity index (χ0n) is 13.0. The molecule has 1 aromatic carbocycles. The first-order valence-corrected chi connectivity index (χ1v) is 8.38. The van der Waals surface area contributed by atoms with E-state index in [1.165, 1.54) is 48.6 Å². The zero-order valence-corrected chi connectivity index (χ0v) is 13.0.